The van der Waals surface area contributed by atoms with Crippen molar-refractivity contribution in [3.8, 4) is 0 Å². The molecule has 0 N–H and O–H groups in total. The van der Waals surface area contributed by atoms with Gasteiger partial charge in [-0.05, 0) is 36.5 Å². The van der Waals surface area contributed by atoms with E-state index < -0.39 is 0 Å². The fourth-order valence-corrected chi connectivity index (χ4v) is 5.05. The summed E-state index contributed by atoms with van der Waals surface area (Å²) in [5, 5.41) is 0. The molecule has 3 rings (SSSR count). The maximum Gasteiger partial charge on any atom is 0.313 e. The molecule has 1 saturated carbocycles. The molecule has 4 nitrogen and oxygen atoms in total. The van der Waals surface area contributed by atoms with Crippen molar-refractivity contribution in [3.63, 3.8) is 0 Å². The molecule has 4 heteroatoms. The van der Waals surface area contributed by atoms with Crippen molar-refractivity contribution in [1.82, 2.24) is 0 Å². The zero-order valence-electron chi connectivity index (χ0n) is 12.7. The van der Waals surface area contributed by atoms with Gasteiger partial charge in [0.15, 0.2) is 6.79 Å². The molecule has 0 spiro atoms. The zero-order chi connectivity index (χ0) is 14.3. The molecule has 0 aromatic carbocycles. The van der Waals surface area contributed by atoms with Gasteiger partial charge in [-0.3, -0.25) is 4.79 Å². The third kappa shape index (κ3) is 2.08. The molecule has 3 aliphatic rings. The van der Waals surface area contributed by atoms with Gasteiger partial charge < -0.3 is 14.2 Å². The minimum atomic E-state index is -0.132. The second-order valence-electron chi connectivity index (χ2n) is 6.58. The molecule has 7 atom stereocenters. The minimum Gasteiger partial charge on any atom is -0.438 e. The molecule has 0 amide bonds. The van der Waals surface area contributed by atoms with Gasteiger partial charge in [0.2, 0.25) is 0 Å². The van der Waals surface area contributed by atoms with Crippen molar-refractivity contribution in [2.45, 2.75) is 51.7 Å². The second-order valence-corrected chi connectivity index (χ2v) is 6.58. The van der Waals surface area contributed by atoms with E-state index in [9.17, 15) is 4.79 Å². The number of hydrogen-bond acceptors (Lipinski definition) is 4. The van der Waals surface area contributed by atoms with Gasteiger partial charge in [-0.1, -0.05) is 26.7 Å². The summed E-state index contributed by atoms with van der Waals surface area (Å²) >= 11 is 0. The van der Waals surface area contributed by atoms with Crippen LogP contribution < -0.4 is 0 Å². The van der Waals surface area contributed by atoms with Crippen LogP contribution in [0.2, 0.25) is 0 Å². The Morgan fingerprint density at radius 2 is 1.85 bits per heavy atom. The smallest absolute Gasteiger partial charge is 0.313 e. The number of carbonyl (C=O) groups is 1. The van der Waals surface area contributed by atoms with E-state index in [1.165, 1.54) is 26.4 Å². The molecule has 1 aliphatic carbocycles. The summed E-state index contributed by atoms with van der Waals surface area (Å²) in [5.41, 5.74) is 0. The molecule has 20 heavy (non-hydrogen) atoms. The van der Waals surface area contributed by atoms with E-state index in [4.69, 9.17) is 14.2 Å². The van der Waals surface area contributed by atoms with Crippen molar-refractivity contribution < 1.29 is 19.0 Å². The van der Waals surface area contributed by atoms with Gasteiger partial charge >= 0.3 is 5.97 Å². The molecule has 0 aromatic rings. The molecule has 7 unspecified atom stereocenters. The summed E-state index contributed by atoms with van der Waals surface area (Å²) in [7, 11) is 1.54. The van der Waals surface area contributed by atoms with Gasteiger partial charge in [0, 0.05) is 7.11 Å². The first-order chi connectivity index (χ1) is 9.71. The normalized spacial score (nSPS) is 45.6. The lowest BCUT2D eigenvalue weighted by Gasteiger charge is -2.31. The Morgan fingerprint density at radius 1 is 1.15 bits per heavy atom. The van der Waals surface area contributed by atoms with Crippen molar-refractivity contribution in [1.29, 1.82) is 0 Å². The summed E-state index contributed by atoms with van der Waals surface area (Å²) in [5.74, 6) is 2.56. The first-order valence-corrected chi connectivity index (χ1v) is 8.02. The van der Waals surface area contributed by atoms with Gasteiger partial charge in [-0.2, -0.15) is 0 Å². The quantitative estimate of drug-likeness (QED) is 0.574. The Bertz CT molecular complexity index is 369. The average molecular weight is 282 g/mol. The van der Waals surface area contributed by atoms with Crippen LogP contribution in [0.4, 0.5) is 0 Å². The number of rotatable bonds is 5. The summed E-state index contributed by atoms with van der Waals surface area (Å²) in [6.07, 6.45) is 4.98. The lowest BCUT2D eigenvalue weighted by molar-refractivity contribution is -0.161. The summed E-state index contributed by atoms with van der Waals surface area (Å²) in [6.45, 7) is 4.61. The molecule has 2 heterocycles. The van der Waals surface area contributed by atoms with Crippen LogP contribution in [-0.4, -0.2) is 32.1 Å². The monoisotopic (exact) mass is 282 g/mol. The average Bonchev–Trinajstić information content (AvgIpc) is 3.13. The molecular weight excluding hydrogens is 256 g/mol. The highest BCUT2D eigenvalue weighted by molar-refractivity contribution is 5.74. The van der Waals surface area contributed by atoms with E-state index in [0.717, 1.165) is 18.3 Å². The number of carbonyl (C=O) groups excluding carboxylic acids is 1. The van der Waals surface area contributed by atoms with E-state index in [-0.39, 0.29) is 30.9 Å². The molecular formula is C16H26O4. The van der Waals surface area contributed by atoms with Crippen LogP contribution >= 0.6 is 0 Å². The lowest BCUT2D eigenvalue weighted by Crippen LogP contribution is -2.39. The summed E-state index contributed by atoms with van der Waals surface area (Å²) in [6, 6.07) is 0. The predicted octanol–water partition coefficient (Wildman–Crippen LogP) is 2.61. The Kier molecular flexibility index (Phi) is 4.04. The lowest BCUT2D eigenvalue weighted by atomic mass is 9.71. The van der Waals surface area contributed by atoms with E-state index >= 15 is 0 Å². The van der Waals surface area contributed by atoms with Gasteiger partial charge in [0.1, 0.15) is 0 Å². The molecule has 2 bridgehead atoms. The first kappa shape index (κ1) is 14.3. The predicted molar refractivity (Wildman–Crippen MR) is 73.9 cm³/mol. The van der Waals surface area contributed by atoms with E-state index in [1.54, 1.807) is 0 Å². The Hall–Kier alpha value is -0.610. The Labute approximate surface area is 121 Å². The zero-order valence-corrected chi connectivity index (χ0v) is 12.7. The largest absolute Gasteiger partial charge is 0.438 e. The van der Waals surface area contributed by atoms with Crippen molar-refractivity contribution in [2.75, 3.05) is 13.9 Å². The SMILES string of the molecule is CCC1CC(CC)C2C3OC(CC3C(=O)OCOC)C12. The molecule has 2 saturated heterocycles. The molecule has 3 fully saturated rings. The Morgan fingerprint density at radius 3 is 2.50 bits per heavy atom. The van der Waals surface area contributed by atoms with Crippen LogP contribution in [0.15, 0.2) is 0 Å². The fraction of sp³-hybridized carbons (Fsp3) is 0.938. The van der Waals surface area contributed by atoms with Gasteiger partial charge in [0.25, 0.3) is 0 Å². The molecule has 2 aliphatic heterocycles. The number of esters is 1. The highest BCUT2D eigenvalue weighted by atomic mass is 16.7. The van der Waals surface area contributed by atoms with Gasteiger partial charge in [0.05, 0.1) is 18.1 Å². The maximum absolute atomic E-state index is 12.1. The van der Waals surface area contributed by atoms with Crippen LogP contribution in [0, 0.1) is 29.6 Å². The molecule has 114 valence electrons. The third-order valence-electron chi connectivity index (χ3n) is 5.83. The standard InChI is InChI=1S/C16H26O4/c1-4-9-6-10(5-2)14-13(9)12-7-11(15(14)20-12)16(17)19-8-18-3/h9-15H,4-8H2,1-3H3. The summed E-state index contributed by atoms with van der Waals surface area (Å²) < 4.78 is 16.2. The first-order valence-electron chi connectivity index (χ1n) is 8.02. The van der Waals surface area contributed by atoms with Gasteiger partial charge in [-0.25, -0.2) is 0 Å². The number of methoxy groups -OCH3 is 1. The van der Waals surface area contributed by atoms with E-state index in [2.05, 4.69) is 13.8 Å². The van der Waals surface area contributed by atoms with Crippen molar-refractivity contribution in [3.05, 3.63) is 0 Å². The van der Waals surface area contributed by atoms with Gasteiger partial charge in [-0.15, -0.1) is 0 Å². The summed E-state index contributed by atoms with van der Waals surface area (Å²) in [4.78, 5) is 12.1. The van der Waals surface area contributed by atoms with Crippen molar-refractivity contribution >= 4 is 5.97 Å². The third-order valence-corrected chi connectivity index (χ3v) is 5.83. The highest BCUT2D eigenvalue weighted by Gasteiger charge is 2.62. The maximum atomic E-state index is 12.1. The van der Waals surface area contributed by atoms with Crippen LogP contribution in [-0.2, 0) is 19.0 Å². The number of ether oxygens (including phenoxy) is 3. The van der Waals surface area contributed by atoms with Crippen LogP contribution in [0.5, 0.6) is 0 Å². The molecule has 0 aromatic heterocycles. The van der Waals surface area contributed by atoms with Crippen molar-refractivity contribution in [2.24, 2.45) is 29.6 Å². The number of hydrogen-bond donors (Lipinski definition) is 0. The number of fused-ring (bicyclic) bond motifs is 5. The van der Waals surface area contributed by atoms with Crippen LogP contribution in [0.25, 0.3) is 0 Å². The van der Waals surface area contributed by atoms with E-state index in [1.807, 2.05) is 0 Å². The second kappa shape index (κ2) is 5.64. The van der Waals surface area contributed by atoms with E-state index in [0.29, 0.717) is 11.8 Å². The Balaban J connectivity index is 1.73. The molecule has 0 radical (unpaired) electrons. The highest BCUT2D eigenvalue weighted by Crippen LogP contribution is 2.59. The van der Waals surface area contributed by atoms with Crippen LogP contribution in [0.3, 0.4) is 0 Å². The minimum absolute atomic E-state index is 0.0512. The van der Waals surface area contributed by atoms with Crippen LogP contribution in [0.1, 0.15) is 39.5 Å². The fourth-order valence-electron chi connectivity index (χ4n) is 5.05. The topological polar surface area (TPSA) is 44.8 Å².